The lowest BCUT2D eigenvalue weighted by molar-refractivity contribution is -0.137. The molecule has 0 spiro atoms. The first-order chi connectivity index (χ1) is 13.0. The highest BCUT2D eigenvalue weighted by molar-refractivity contribution is 8.18. The maximum absolute atomic E-state index is 12.1. The number of phenols is 1. The zero-order chi connectivity index (χ0) is 19.2. The second-order valence-electron chi connectivity index (χ2n) is 5.56. The van der Waals surface area contributed by atoms with E-state index in [-0.39, 0.29) is 24.7 Å². The van der Waals surface area contributed by atoms with Crippen molar-refractivity contribution in [3.8, 4) is 11.5 Å². The Morgan fingerprint density at radius 2 is 1.85 bits per heavy atom. The van der Waals surface area contributed by atoms with Crippen LogP contribution in [0.25, 0.3) is 6.08 Å². The number of carboxylic acids is 1. The van der Waals surface area contributed by atoms with E-state index < -0.39 is 5.97 Å². The molecule has 0 saturated carbocycles. The molecule has 1 heterocycles. The summed E-state index contributed by atoms with van der Waals surface area (Å²) in [5, 5.41) is 21.1. The SMILES string of the molecule is O=C(O)CCOc1ccc(/C=C2\SC(=Nc3ccc(O)cc3)NC2=O)cc1. The minimum atomic E-state index is -0.912. The third kappa shape index (κ3) is 5.35. The molecule has 0 unspecified atom stereocenters. The van der Waals surface area contributed by atoms with E-state index in [1.807, 2.05) is 0 Å². The van der Waals surface area contributed by atoms with Gasteiger partial charge in [0.25, 0.3) is 5.91 Å². The number of nitrogens with zero attached hydrogens (tertiary/aromatic N) is 1. The number of hydrogen-bond acceptors (Lipinski definition) is 6. The molecular weight excluding hydrogens is 368 g/mol. The lowest BCUT2D eigenvalue weighted by Gasteiger charge is -2.04. The maximum atomic E-state index is 12.1. The molecular formula is C19H16N2O5S. The summed E-state index contributed by atoms with van der Waals surface area (Å²) in [5.74, 6) is -0.431. The number of benzene rings is 2. The first-order valence-electron chi connectivity index (χ1n) is 8.03. The van der Waals surface area contributed by atoms with Gasteiger partial charge in [0, 0.05) is 0 Å². The molecule has 8 heteroatoms. The number of amides is 1. The molecule has 3 rings (SSSR count). The zero-order valence-electron chi connectivity index (χ0n) is 14.1. The highest BCUT2D eigenvalue weighted by atomic mass is 32.2. The average molecular weight is 384 g/mol. The van der Waals surface area contributed by atoms with Gasteiger partial charge in [0.15, 0.2) is 5.17 Å². The van der Waals surface area contributed by atoms with Crippen molar-refractivity contribution in [2.24, 2.45) is 4.99 Å². The molecule has 1 amide bonds. The molecule has 2 aromatic rings. The van der Waals surface area contributed by atoms with Crippen LogP contribution >= 0.6 is 11.8 Å². The van der Waals surface area contributed by atoms with Crippen molar-refractivity contribution in [3.63, 3.8) is 0 Å². The van der Waals surface area contributed by atoms with E-state index in [0.29, 0.717) is 21.5 Å². The third-order valence-electron chi connectivity index (χ3n) is 3.49. The average Bonchev–Trinajstić information content (AvgIpc) is 2.97. The predicted octanol–water partition coefficient (Wildman–Crippen LogP) is 3.14. The van der Waals surface area contributed by atoms with Gasteiger partial charge in [-0.2, -0.15) is 0 Å². The summed E-state index contributed by atoms with van der Waals surface area (Å²) in [6.07, 6.45) is 1.67. The minimum Gasteiger partial charge on any atom is -0.508 e. The largest absolute Gasteiger partial charge is 0.508 e. The number of hydrogen-bond donors (Lipinski definition) is 3. The molecule has 1 aliphatic heterocycles. The molecule has 1 fully saturated rings. The van der Waals surface area contributed by atoms with Gasteiger partial charge in [0.05, 0.1) is 23.6 Å². The van der Waals surface area contributed by atoms with E-state index in [2.05, 4.69) is 10.3 Å². The molecule has 0 bridgehead atoms. The number of carbonyl (C=O) groups excluding carboxylic acids is 1. The van der Waals surface area contributed by atoms with Crippen LogP contribution in [-0.4, -0.2) is 33.9 Å². The fourth-order valence-electron chi connectivity index (χ4n) is 2.19. The van der Waals surface area contributed by atoms with Crippen LogP contribution in [-0.2, 0) is 9.59 Å². The monoisotopic (exact) mass is 384 g/mol. The predicted molar refractivity (Wildman–Crippen MR) is 103 cm³/mol. The van der Waals surface area contributed by atoms with Crippen molar-refractivity contribution >= 4 is 40.6 Å². The maximum Gasteiger partial charge on any atom is 0.306 e. The number of nitrogens with one attached hydrogen (secondary N) is 1. The number of phenolic OH excluding ortho intramolecular Hbond substituents is 1. The van der Waals surface area contributed by atoms with Crippen LogP contribution in [0.5, 0.6) is 11.5 Å². The van der Waals surface area contributed by atoms with Gasteiger partial charge in [-0.3, -0.25) is 9.59 Å². The van der Waals surface area contributed by atoms with Crippen molar-refractivity contribution in [1.29, 1.82) is 0 Å². The number of amidine groups is 1. The number of thioether (sulfide) groups is 1. The molecule has 7 nitrogen and oxygen atoms in total. The fourth-order valence-corrected chi connectivity index (χ4v) is 3.03. The van der Waals surface area contributed by atoms with E-state index in [0.717, 1.165) is 5.56 Å². The second kappa shape index (κ2) is 8.41. The number of aromatic hydroxyl groups is 1. The Morgan fingerprint density at radius 3 is 2.52 bits per heavy atom. The molecule has 2 aromatic carbocycles. The Hall–Kier alpha value is -3.26. The molecule has 1 saturated heterocycles. The van der Waals surface area contributed by atoms with Gasteiger partial charge in [-0.15, -0.1) is 0 Å². The smallest absolute Gasteiger partial charge is 0.306 e. The Kier molecular flexibility index (Phi) is 5.77. The molecule has 0 atom stereocenters. The Morgan fingerprint density at radius 1 is 1.15 bits per heavy atom. The van der Waals surface area contributed by atoms with Crippen LogP contribution in [0.15, 0.2) is 58.4 Å². The van der Waals surface area contributed by atoms with Crippen LogP contribution in [0.2, 0.25) is 0 Å². The summed E-state index contributed by atoms with van der Waals surface area (Å²) >= 11 is 1.23. The highest BCUT2D eigenvalue weighted by Crippen LogP contribution is 2.28. The highest BCUT2D eigenvalue weighted by Gasteiger charge is 2.23. The molecule has 3 N–H and O–H groups in total. The van der Waals surface area contributed by atoms with Crippen molar-refractivity contribution in [2.75, 3.05) is 6.61 Å². The van der Waals surface area contributed by atoms with Crippen LogP contribution in [0.4, 0.5) is 5.69 Å². The number of rotatable bonds is 6. The summed E-state index contributed by atoms with van der Waals surface area (Å²) in [6, 6.07) is 13.4. The summed E-state index contributed by atoms with van der Waals surface area (Å²) in [7, 11) is 0. The number of aliphatic imine (C=N–C) groups is 1. The van der Waals surface area contributed by atoms with Gasteiger partial charge in [-0.1, -0.05) is 12.1 Å². The van der Waals surface area contributed by atoms with E-state index >= 15 is 0 Å². The fraction of sp³-hybridized carbons (Fsp3) is 0.105. The van der Waals surface area contributed by atoms with Gasteiger partial charge in [-0.25, -0.2) is 4.99 Å². The Balaban J connectivity index is 1.65. The van der Waals surface area contributed by atoms with Crippen LogP contribution in [0.1, 0.15) is 12.0 Å². The van der Waals surface area contributed by atoms with E-state index in [1.54, 1.807) is 42.5 Å². The van der Waals surface area contributed by atoms with E-state index in [1.165, 1.54) is 23.9 Å². The molecule has 0 radical (unpaired) electrons. The number of aliphatic carboxylic acids is 1. The van der Waals surface area contributed by atoms with E-state index in [4.69, 9.17) is 9.84 Å². The summed E-state index contributed by atoms with van der Waals surface area (Å²) in [5.41, 5.74) is 1.43. The Bertz CT molecular complexity index is 905. The summed E-state index contributed by atoms with van der Waals surface area (Å²) in [6.45, 7) is 0.102. The molecule has 138 valence electrons. The zero-order valence-corrected chi connectivity index (χ0v) is 14.9. The third-order valence-corrected chi connectivity index (χ3v) is 4.40. The molecule has 0 aromatic heterocycles. The quantitative estimate of drug-likeness (QED) is 0.661. The van der Waals surface area contributed by atoms with Crippen molar-refractivity contribution in [2.45, 2.75) is 6.42 Å². The van der Waals surface area contributed by atoms with Gasteiger partial charge < -0.3 is 20.3 Å². The molecule has 27 heavy (non-hydrogen) atoms. The topological polar surface area (TPSA) is 108 Å². The van der Waals surface area contributed by atoms with Crippen LogP contribution < -0.4 is 10.1 Å². The molecule has 0 aliphatic carbocycles. The lowest BCUT2D eigenvalue weighted by atomic mass is 10.2. The first-order valence-corrected chi connectivity index (χ1v) is 8.84. The minimum absolute atomic E-state index is 0.0637. The van der Waals surface area contributed by atoms with Crippen molar-refractivity contribution < 1.29 is 24.5 Å². The van der Waals surface area contributed by atoms with Gasteiger partial charge >= 0.3 is 5.97 Å². The van der Waals surface area contributed by atoms with Crippen molar-refractivity contribution in [3.05, 3.63) is 59.0 Å². The lowest BCUT2D eigenvalue weighted by Crippen LogP contribution is -2.19. The molecule has 1 aliphatic rings. The van der Waals surface area contributed by atoms with Crippen LogP contribution in [0.3, 0.4) is 0 Å². The van der Waals surface area contributed by atoms with Gasteiger partial charge in [-0.05, 0) is 59.8 Å². The summed E-state index contributed by atoms with van der Waals surface area (Å²) in [4.78, 5) is 27.4. The van der Waals surface area contributed by atoms with Crippen molar-refractivity contribution in [1.82, 2.24) is 5.32 Å². The number of ether oxygens (including phenoxy) is 1. The van der Waals surface area contributed by atoms with E-state index in [9.17, 15) is 14.7 Å². The number of carboxylic acid groups (broad SMARTS) is 1. The second-order valence-corrected chi connectivity index (χ2v) is 6.59. The van der Waals surface area contributed by atoms with Gasteiger partial charge in [0.2, 0.25) is 0 Å². The number of carbonyl (C=O) groups is 2. The summed E-state index contributed by atoms with van der Waals surface area (Å²) < 4.78 is 5.33. The van der Waals surface area contributed by atoms with Gasteiger partial charge in [0.1, 0.15) is 11.5 Å². The normalized spacial score (nSPS) is 16.5. The standard InChI is InChI=1S/C19H16N2O5S/c22-14-5-3-13(4-6-14)20-19-21-18(25)16(27-19)11-12-1-7-15(8-2-12)26-10-9-17(23)24/h1-8,11,22H,9-10H2,(H,23,24)(H,20,21,25)/b16-11-. The van der Waals surface area contributed by atoms with Crippen LogP contribution in [0, 0.1) is 0 Å². The Labute approximate surface area is 159 Å². The first kappa shape index (κ1) is 18.5.